The molecule has 0 unspecified atom stereocenters. The third-order valence-electron chi connectivity index (χ3n) is 4.31. The number of fused-ring (bicyclic) bond motifs is 3. The van der Waals surface area contributed by atoms with Crippen molar-refractivity contribution in [2.75, 3.05) is 0 Å². The van der Waals surface area contributed by atoms with Crippen LogP contribution < -0.4 is 5.73 Å². The van der Waals surface area contributed by atoms with Crippen LogP contribution in [0.15, 0.2) is 42.5 Å². The molecule has 116 valence electrons. The van der Waals surface area contributed by atoms with Crippen LogP contribution in [0.5, 0.6) is 0 Å². The van der Waals surface area contributed by atoms with E-state index in [1.807, 2.05) is 24.3 Å². The van der Waals surface area contributed by atoms with Gasteiger partial charge in [0.25, 0.3) is 0 Å². The smallest absolute Gasteiger partial charge is 0.234 e. The molecular weight excluding hydrogens is 290 g/mol. The minimum atomic E-state index is -0.714. The first-order valence-electron chi connectivity index (χ1n) is 7.42. The molecule has 2 N–H and O–H groups in total. The third kappa shape index (κ3) is 2.46. The number of benzene rings is 2. The number of nitrogens with two attached hydrogens (primary N) is 1. The number of primary amides is 1. The monoisotopic (exact) mass is 307 g/mol. The molecular formula is C19H17NO3. The Kier molecular flexibility index (Phi) is 3.40. The number of carbonyl (C=O) groups is 3. The first-order chi connectivity index (χ1) is 10.8. The van der Waals surface area contributed by atoms with E-state index in [1.54, 1.807) is 32.0 Å². The van der Waals surface area contributed by atoms with Crippen LogP contribution in [0, 0.1) is 5.41 Å². The molecule has 23 heavy (non-hydrogen) atoms. The fourth-order valence-electron chi connectivity index (χ4n) is 2.88. The highest BCUT2D eigenvalue weighted by Gasteiger charge is 2.31. The van der Waals surface area contributed by atoms with Crippen molar-refractivity contribution in [1.29, 1.82) is 0 Å². The Hall–Kier alpha value is -2.75. The van der Waals surface area contributed by atoms with Gasteiger partial charge in [0.15, 0.2) is 0 Å². The number of rotatable bonds is 3. The van der Waals surface area contributed by atoms with Gasteiger partial charge in [-0.3, -0.25) is 14.4 Å². The third-order valence-corrected chi connectivity index (χ3v) is 4.31. The summed E-state index contributed by atoms with van der Waals surface area (Å²) in [5.41, 5.74) is 7.87. The van der Waals surface area contributed by atoms with E-state index in [9.17, 15) is 14.4 Å². The molecule has 0 radical (unpaired) electrons. The minimum Gasteiger partial charge on any atom is -0.369 e. The molecule has 0 saturated carbocycles. The first-order valence-corrected chi connectivity index (χ1v) is 7.42. The molecule has 1 amide bonds. The molecule has 0 bridgehead atoms. The number of ketones is 2. The summed E-state index contributed by atoms with van der Waals surface area (Å²) in [6, 6.07) is 12.5. The Morgan fingerprint density at radius 2 is 1.48 bits per heavy atom. The van der Waals surface area contributed by atoms with Gasteiger partial charge in [0.05, 0.1) is 0 Å². The van der Waals surface area contributed by atoms with Crippen molar-refractivity contribution in [2.45, 2.75) is 20.3 Å². The summed E-state index contributed by atoms with van der Waals surface area (Å²) in [7, 11) is 0. The summed E-state index contributed by atoms with van der Waals surface area (Å²) < 4.78 is 0. The van der Waals surface area contributed by atoms with Gasteiger partial charge in [0, 0.05) is 16.5 Å². The van der Waals surface area contributed by atoms with Crippen LogP contribution in [0.3, 0.4) is 0 Å². The Morgan fingerprint density at radius 1 is 0.913 bits per heavy atom. The lowest BCUT2D eigenvalue weighted by atomic mass is 9.80. The lowest BCUT2D eigenvalue weighted by Gasteiger charge is -2.22. The molecule has 0 atom stereocenters. The molecule has 2 aromatic rings. The molecule has 0 saturated heterocycles. The standard InChI is InChI=1S/C19H17NO3/c1-19(2,18(20)23)10-11-7-8-13-12-5-3-4-6-14(12)16(21)17(22)15(13)9-11/h3-9H,10H2,1-2H3,(H2,20,23). The molecule has 2 aromatic carbocycles. The fraction of sp³-hybridized carbons (Fsp3) is 0.211. The number of hydrogen-bond acceptors (Lipinski definition) is 3. The van der Waals surface area contributed by atoms with Gasteiger partial charge in [-0.05, 0) is 29.2 Å². The van der Waals surface area contributed by atoms with E-state index in [2.05, 4.69) is 0 Å². The van der Waals surface area contributed by atoms with E-state index in [1.165, 1.54) is 0 Å². The van der Waals surface area contributed by atoms with Crippen LogP contribution in [-0.4, -0.2) is 17.5 Å². The lowest BCUT2D eigenvalue weighted by Crippen LogP contribution is -2.33. The number of carbonyl (C=O) groups excluding carboxylic acids is 3. The van der Waals surface area contributed by atoms with Gasteiger partial charge in [-0.25, -0.2) is 0 Å². The number of Topliss-reactive ketones (excluding diaryl/α,β-unsaturated/α-hetero) is 2. The molecule has 4 nitrogen and oxygen atoms in total. The van der Waals surface area contributed by atoms with Crippen molar-refractivity contribution in [3.05, 3.63) is 59.2 Å². The van der Waals surface area contributed by atoms with Crippen molar-refractivity contribution < 1.29 is 14.4 Å². The minimum absolute atomic E-state index is 0.395. The van der Waals surface area contributed by atoms with E-state index in [0.717, 1.165) is 16.7 Å². The predicted molar refractivity (Wildman–Crippen MR) is 87.2 cm³/mol. The van der Waals surface area contributed by atoms with Gasteiger partial charge in [0.1, 0.15) is 0 Å². The van der Waals surface area contributed by atoms with Gasteiger partial charge >= 0.3 is 0 Å². The highest BCUT2D eigenvalue weighted by Crippen LogP contribution is 2.34. The average molecular weight is 307 g/mol. The van der Waals surface area contributed by atoms with Crippen molar-refractivity contribution in [2.24, 2.45) is 11.1 Å². The molecule has 0 fully saturated rings. The van der Waals surface area contributed by atoms with E-state index in [0.29, 0.717) is 17.5 Å². The zero-order valence-electron chi connectivity index (χ0n) is 13.1. The second-order valence-electron chi connectivity index (χ2n) is 6.51. The van der Waals surface area contributed by atoms with Crippen molar-refractivity contribution in [3.63, 3.8) is 0 Å². The van der Waals surface area contributed by atoms with Gasteiger partial charge in [-0.1, -0.05) is 50.2 Å². The van der Waals surface area contributed by atoms with E-state index in [4.69, 9.17) is 5.73 Å². The summed E-state index contributed by atoms with van der Waals surface area (Å²) in [5.74, 6) is -1.39. The highest BCUT2D eigenvalue weighted by atomic mass is 16.2. The number of amides is 1. The lowest BCUT2D eigenvalue weighted by molar-refractivity contribution is -0.125. The molecule has 1 aliphatic rings. The zero-order valence-corrected chi connectivity index (χ0v) is 13.1. The Balaban J connectivity index is 2.10. The molecule has 0 heterocycles. The summed E-state index contributed by atoms with van der Waals surface area (Å²) in [6.07, 6.45) is 0.415. The van der Waals surface area contributed by atoms with Crippen molar-refractivity contribution in [3.8, 4) is 11.1 Å². The van der Waals surface area contributed by atoms with Gasteiger partial charge in [-0.15, -0.1) is 0 Å². The van der Waals surface area contributed by atoms with E-state index in [-0.39, 0.29) is 0 Å². The summed E-state index contributed by atoms with van der Waals surface area (Å²) >= 11 is 0. The number of hydrogen-bond donors (Lipinski definition) is 1. The second kappa shape index (κ2) is 5.16. The maximum atomic E-state index is 12.4. The molecule has 0 aliphatic heterocycles. The Labute approximate surface area is 134 Å². The van der Waals surface area contributed by atoms with Crippen LogP contribution in [0.4, 0.5) is 0 Å². The Bertz CT molecular complexity index is 849. The summed E-state index contributed by atoms with van der Waals surface area (Å²) in [4.78, 5) is 36.1. The maximum Gasteiger partial charge on any atom is 0.234 e. The average Bonchev–Trinajstić information content (AvgIpc) is 2.52. The topological polar surface area (TPSA) is 77.2 Å². The molecule has 4 heteroatoms. The van der Waals surface area contributed by atoms with Crippen LogP contribution in [0.25, 0.3) is 11.1 Å². The largest absolute Gasteiger partial charge is 0.369 e. The quantitative estimate of drug-likeness (QED) is 0.886. The Morgan fingerprint density at radius 3 is 2.13 bits per heavy atom. The molecule has 0 spiro atoms. The van der Waals surface area contributed by atoms with Crippen molar-refractivity contribution >= 4 is 17.5 Å². The zero-order chi connectivity index (χ0) is 16.8. The van der Waals surface area contributed by atoms with Gasteiger partial charge < -0.3 is 5.73 Å². The summed E-state index contributed by atoms with van der Waals surface area (Å²) in [6.45, 7) is 3.52. The van der Waals surface area contributed by atoms with E-state index < -0.39 is 22.9 Å². The van der Waals surface area contributed by atoms with Gasteiger partial charge in [0.2, 0.25) is 17.5 Å². The molecule has 1 aliphatic carbocycles. The maximum absolute atomic E-state index is 12.4. The molecule has 3 rings (SSSR count). The van der Waals surface area contributed by atoms with Crippen LogP contribution >= 0.6 is 0 Å². The second-order valence-corrected chi connectivity index (χ2v) is 6.51. The van der Waals surface area contributed by atoms with Crippen LogP contribution in [-0.2, 0) is 11.2 Å². The highest BCUT2D eigenvalue weighted by molar-refractivity contribution is 6.53. The predicted octanol–water partition coefficient (Wildman–Crippen LogP) is 2.79. The fourth-order valence-corrected chi connectivity index (χ4v) is 2.88. The molecule has 0 aromatic heterocycles. The first kappa shape index (κ1) is 15.2. The van der Waals surface area contributed by atoms with Crippen LogP contribution in [0.1, 0.15) is 40.1 Å². The SMILES string of the molecule is CC(C)(Cc1ccc2c(c1)C(=O)C(=O)c1ccccc1-2)C(N)=O. The van der Waals surface area contributed by atoms with Gasteiger partial charge in [-0.2, -0.15) is 0 Å². The summed E-state index contributed by atoms with van der Waals surface area (Å²) in [5, 5.41) is 0. The normalized spacial score (nSPS) is 13.5. The van der Waals surface area contributed by atoms with Crippen LogP contribution in [0.2, 0.25) is 0 Å². The van der Waals surface area contributed by atoms with Crippen molar-refractivity contribution in [1.82, 2.24) is 0 Å². The van der Waals surface area contributed by atoms with E-state index >= 15 is 0 Å².